The first kappa shape index (κ1) is 14.8. The highest BCUT2D eigenvalue weighted by Gasteiger charge is 2.15. The second-order valence-electron chi connectivity index (χ2n) is 4.41. The summed E-state index contributed by atoms with van der Waals surface area (Å²) in [5, 5.41) is 19.6. The van der Waals surface area contributed by atoms with E-state index >= 15 is 0 Å². The normalized spacial score (nSPS) is 12.1. The fourth-order valence-corrected chi connectivity index (χ4v) is 3.01. The third kappa shape index (κ3) is 3.68. The van der Waals surface area contributed by atoms with E-state index in [0.717, 1.165) is 10.5 Å². The highest BCUT2D eigenvalue weighted by molar-refractivity contribution is 8.00. The predicted molar refractivity (Wildman–Crippen MR) is 81.5 cm³/mol. The monoisotopic (exact) mass is 290 g/mol. The largest absolute Gasteiger partial charge is 0.504 e. The van der Waals surface area contributed by atoms with Crippen molar-refractivity contribution in [3.63, 3.8) is 0 Å². The van der Waals surface area contributed by atoms with Crippen molar-refractivity contribution in [3.05, 3.63) is 54.1 Å². The number of benzene rings is 2. The molecule has 0 heterocycles. The Morgan fingerprint density at radius 3 is 2.50 bits per heavy atom. The van der Waals surface area contributed by atoms with Gasteiger partial charge in [0.1, 0.15) is 0 Å². The van der Waals surface area contributed by atoms with Crippen molar-refractivity contribution in [2.75, 3.05) is 13.7 Å². The molecule has 0 fully saturated rings. The first-order valence-electron chi connectivity index (χ1n) is 6.42. The van der Waals surface area contributed by atoms with Gasteiger partial charge in [-0.2, -0.15) is 0 Å². The van der Waals surface area contributed by atoms with Gasteiger partial charge in [-0.05, 0) is 30.2 Å². The molecule has 2 rings (SSSR count). The fourth-order valence-electron chi connectivity index (χ4n) is 1.98. The van der Waals surface area contributed by atoms with E-state index < -0.39 is 0 Å². The molecule has 106 valence electrons. The van der Waals surface area contributed by atoms with Gasteiger partial charge >= 0.3 is 0 Å². The van der Waals surface area contributed by atoms with E-state index in [4.69, 9.17) is 4.74 Å². The van der Waals surface area contributed by atoms with Gasteiger partial charge in [0.2, 0.25) is 0 Å². The Morgan fingerprint density at radius 1 is 1.10 bits per heavy atom. The Balaban J connectivity index is 2.10. The molecule has 0 radical (unpaired) electrons. The average Bonchev–Trinajstić information content (AvgIpc) is 2.49. The van der Waals surface area contributed by atoms with E-state index in [1.165, 1.54) is 7.11 Å². The molecule has 1 atom stereocenters. The molecule has 0 bridgehead atoms. The summed E-state index contributed by atoms with van der Waals surface area (Å²) in [7, 11) is 1.53. The number of phenols is 1. The average molecular weight is 290 g/mol. The Bertz CT molecular complexity index is 543. The summed E-state index contributed by atoms with van der Waals surface area (Å²) >= 11 is 1.60. The van der Waals surface area contributed by atoms with Crippen LogP contribution in [0, 0.1) is 0 Å². The number of hydrogen-bond donors (Lipinski definition) is 2. The number of methoxy groups -OCH3 is 1. The summed E-state index contributed by atoms with van der Waals surface area (Å²) in [6.07, 6.45) is 0.582. The quantitative estimate of drug-likeness (QED) is 0.803. The van der Waals surface area contributed by atoms with Crippen molar-refractivity contribution in [1.82, 2.24) is 0 Å². The molecule has 0 saturated heterocycles. The lowest BCUT2D eigenvalue weighted by Gasteiger charge is -2.15. The number of aromatic hydroxyl groups is 1. The van der Waals surface area contributed by atoms with Crippen LogP contribution in [0.25, 0.3) is 0 Å². The van der Waals surface area contributed by atoms with Crippen LogP contribution >= 0.6 is 11.8 Å². The van der Waals surface area contributed by atoms with Crippen molar-refractivity contribution >= 4 is 11.8 Å². The lowest BCUT2D eigenvalue weighted by Crippen LogP contribution is -2.12. The van der Waals surface area contributed by atoms with Crippen LogP contribution in [0.1, 0.15) is 5.56 Å². The summed E-state index contributed by atoms with van der Waals surface area (Å²) in [4.78, 5) is 1.11. The van der Waals surface area contributed by atoms with Crippen LogP contribution in [-0.2, 0) is 6.42 Å². The number of para-hydroxylation sites is 1. The third-order valence-corrected chi connectivity index (χ3v) is 4.19. The van der Waals surface area contributed by atoms with E-state index in [1.807, 2.05) is 42.5 Å². The minimum atomic E-state index is -0.00425. The molecular weight excluding hydrogens is 272 g/mol. The van der Waals surface area contributed by atoms with E-state index in [1.54, 1.807) is 17.8 Å². The first-order valence-corrected chi connectivity index (χ1v) is 7.30. The molecule has 2 N–H and O–H groups in total. The lowest BCUT2D eigenvalue weighted by atomic mass is 10.1. The van der Waals surface area contributed by atoms with Gasteiger partial charge in [0.05, 0.1) is 13.7 Å². The van der Waals surface area contributed by atoms with E-state index in [0.29, 0.717) is 12.2 Å². The van der Waals surface area contributed by atoms with Crippen LogP contribution in [0.3, 0.4) is 0 Å². The van der Waals surface area contributed by atoms with Crippen LogP contribution in [0.4, 0.5) is 0 Å². The van der Waals surface area contributed by atoms with Crippen LogP contribution in [0.5, 0.6) is 11.5 Å². The van der Waals surface area contributed by atoms with Crippen LogP contribution in [0.15, 0.2) is 53.4 Å². The van der Waals surface area contributed by atoms with Gasteiger partial charge in [-0.15, -0.1) is 11.8 Å². The Labute approximate surface area is 123 Å². The lowest BCUT2D eigenvalue weighted by molar-refractivity contribution is 0.293. The molecule has 0 aliphatic rings. The maximum absolute atomic E-state index is 10.1. The van der Waals surface area contributed by atoms with Crippen LogP contribution in [0.2, 0.25) is 0 Å². The second kappa shape index (κ2) is 7.22. The van der Waals surface area contributed by atoms with Gasteiger partial charge in [-0.1, -0.05) is 30.3 Å². The van der Waals surface area contributed by atoms with E-state index in [9.17, 15) is 10.2 Å². The molecule has 0 amide bonds. The summed E-state index contributed by atoms with van der Waals surface area (Å²) in [6.45, 7) is 0.0518. The Morgan fingerprint density at radius 2 is 1.85 bits per heavy atom. The van der Waals surface area contributed by atoms with Gasteiger partial charge in [-0.3, -0.25) is 0 Å². The molecule has 0 spiro atoms. The van der Waals surface area contributed by atoms with Gasteiger partial charge < -0.3 is 14.9 Å². The predicted octanol–water partition coefficient (Wildman–Crippen LogP) is 3.10. The number of hydrogen-bond acceptors (Lipinski definition) is 4. The minimum Gasteiger partial charge on any atom is -0.504 e. The molecule has 0 saturated carbocycles. The summed E-state index contributed by atoms with van der Waals surface area (Å²) in [6, 6.07) is 15.3. The van der Waals surface area contributed by atoms with Gasteiger partial charge in [-0.25, -0.2) is 0 Å². The molecule has 1 unspecified atom stereocenters. The second-order valence-corrected chi connectivity index (χ2v) is 5.78. The summed E-state index contributed by atoms with van der Waals surface area (Å²) < 4.78 is 5.10. The van der Waals surface area contributed by atoms with E-state index in [2.05, 4.69) is 0 Å². The minimum absolute atomic E-state index is 0.00425. The van der Waals surface area contributed by atoms with Crippen molar-refractivity contribution in [2.24, 2.45) is 0 Å². The zero-order valence-electron chi connectivity index (χ0n) is 11.3. The molecule has 2 aromatic carbocycles. The molecule has 0 aromatic heterocycles. The van der Waals surface area contributed by atoms with Gasteiger partial charge in [0.15, 0.2) is 11.5 Å². The van der Waals surface area contributed by atoms with Crippen molar-refractivity contribution in [3.8, 4) is 11.5 Å². The van der Waals surface area contributed by atoms with Crippen molar-refractivity contribution in [2.45, 2.75) is 16.6 Å². The Kier molecular flexibility index (Phi) is 5.32. The number of phenolic OH excluding ortho intramolecular Hbond substituents is 1. The molecular formula is C16H18O3S. The van der Waals surface area contributed by atoms with Crippen LogP contribution in [-0.4, -0.2) is 29.2 Å². The highest BCUT2D eigenvalue weighted by Crippen LogP contribution is 2.33. The van der Waals surface area contributed by atoms with Crippen LogP contribution < -0.4 is 4.74 Å². The number of aliphatic hydroxyl groups excluding tert-OH is 1. The molecule has 0 aliphatic heterocycles. The number of thioether (sulfide) groups is 1. The Hall–Kier alpha value is -1.65. The van der Waals surface area contributed by atoms with E-state index in [-0.39, 0.29) is 17.6 Å². The smallest absolute Gasteiger partial charge is 0.160 e. The molecule has 4 heteroatoms. The fraction of sp³-hybridized carbons (Fsp3) is 0.250. The third-order valence-electron chi connectivity index (χ3n) is 3.00. The van der Waals surface area contributed by atoms with Gasteiger partial charge in [0.25, 0.3) is 0 Å². The van der Waals surface area contributed by atoms with Crippen molar-refractivity contribution < 1.29 is 14.9 Å². The maximum Gasteiger partial charge on any atom is 0.160 e. The molecule has 20 heavy (non-hydrogen) atoms. The number of rotatable bonds is 6. The zero-order chi connectivity index (χ0) is 14.4. The summed E-state index contributed by atoms with van der Waals surface area (Å²) in [5.74, 6) is 0.617. The maximum atomic E-state index is 10.1. The molecule has 2 aromatic rings. The zero-order valence-corrected chi connectivity index (χ0v) is 12.1. The summed E-state index contributed by atoms with van der Waals surface area (Å²) in [5.41, 5.74) is 0.784. The number of aliphatic hydroxyl groups is 1. The highest BCUT2D eigenvalue weighted by atomic mass is 32.2. The first-order chi connectivity index (χ1) is 9.74. The van der Waals surface area contributed by atoms with Crippen molar-refractivity contribution in [1.29, 1.82) is 0 Å². The standard InChI is InChI=1S/C16H18O3S/c1-19-15-9-5-6-12(16(15)18)10-14(11-17)20-13-7-3-2-4-8-13/h2-9,14,17-18H,10-11H2,1H3. The molecule has 0 aliphatic carbocycles. The SMILES string of the molecule is COc1cccc(CC(CO)Sc2ccccc2)c1O. The number of ether oxygens (including phenoxy) is 1. The molecule has 3 nitrogen and oxygen atoms in total. The van der Waals surface area contributed by atoms with Gasteiger partial charge in [0, 0.05) is 10.1 Å². The topological polar surface area (TPSA) is 49.7 Å².